The van der Waals surface area contributed by atoms with Gasteiger partial charge in [0.1, 0.15) is 18.5 Å². The van der Waals surface area contributed by atoms with Crippen molar-refractivity contribution in [3.63, 3.8) is 0 Å². The van der Waals surface area contributed by atoms with Crippen molar-refractivity contribution in [1.82, 2.24) is 10.2 Å². The van der Waals surface area contributed by atoms with Crippen LogP contribution in [0.1, 0.15) is 36.8 Å². The minimum Gasteiger partial charge on any atom is -0.482 e. The van der Waals surface area contributed by atoms with Gasteiger partial charge >= 0.3 is 0 Å². The number of morpholine rings is 1. The molecule has 5 nitrogen and oxygen atoms in total. The van der Waals surface area contributed by atoms with E-state index in [1.54, 1.807) is 23.1 Å². The second kappa shape index (κ2) is 9.11. The molecule has 0 spiro atoms. The van der Waals surface area contributed by atoms with Gasteiger partial charge < -0.3 is 15.0 Å². The van der Waals surface area contributed by atoms with Gasteiger partial charge in [0.05, 0.1) is 6.04 Å². The van der Waals surface area contributed by atoms with E-state index in [4.69, 9.17) is 4.74 Å². The van der Waals surface area contributed by atoms with Crippen LogP contribution in [0.5, 0.6) is 0 Å². The molecule has 2 fully saturated rings. The van der Waals surface area contributed by atoms with Gasteiger partial charge in [-0.25, -0.2) is 4.39 Å². The zero-order chi connectivity index (χ0) is 20.9. The second-order valence-electron chi connectivity index (χ2n) is 7.73. The summed E-state index contributed by atoms with van der Waals surface area (Å²) in [4.78, 5) is 27.3. The maximum Gasteiger partial charge on any atom is 0.289 e. The van der Waals surface area contributed by atoms with Crippen molar-refractivity contribution < 1.29 is 18.7 Å². The maximum absolute atomic E-state index is 14.1. The summed E-state index contributed by atoms with van der Waals surface area (Å²) in [6.07, 6.45) is 4.89. The van der Waals surface area contributed by atoms with Crippen LogP contribution in [0.15, 0.2) is 60.4 Å². The first-order valence-corrected chi connectivity index (χ1v) is 10.4. The highest BCUT2D eigenvalue weighted by molar-refractivity contribution is 5.98. The molecule has 1 N–H and O–H groups in total. The summed E-state index contributed by atoms with van der Waals surface area (Å²) in [5, 5.41) is 2.88. The molecule has 2 aromatic rings. The van der Waals surface area contributed by atoms with Crippen molar-refractivity contribution in [2.45, 2.75) is 44.4 Å². The fourth-order valence-electron chi connectivity index (χ4n) is 4.10. The average molecular weight is 408 g/mol. The summed E-state index contributed by atoms with van der Waals surface area (Å²) in [7, 11) is 0. The Kier molecular flexibility index (Phi) is 6.12. The number of amides is 2. The summed E-state index contributed by atoms with van der Waals surface area (Å²) in [6.45, 7) is 0.370. The molecule has 2 aromatic carbocycles. The molecule has 1 heterocycles. The van der Waals surface area contributed by atoms with E-state index >= 15 is 0 Å². The van der Waals surface area contributed by atoms with Gasteiger partial charge in [-0.15, -0.1) is 0 Å². The van der Waals surface area contributed by atoms with Crippen molar-refractivity contribution >= 4 is 17.9 Å². The molecule has 2 atom stereocenters. The van der Waals surface area contributed by atoms with Crippen LogP contribution in [0.2, 0.25) is 0 Å². The number of nitrogens with one attached hydrogen (secondary N) is 1. The lowest BCUT2D eigenvalue weighted by Crippen LogP contribution is -2.57. The monoisotopic (exact) mass is 408 g/mol. The van der Waals surface area contributed by atoms with Gasteiger partial charge in [-0.3, -0.25) is 9.59 Å². The molecule has 1 aliphatic heterocycles. The highest BCUT2D eigenvalue weighted by Crippen LogP contribution is 2.33. The van der Waals surface area contributed by atoms with Crippen LogP contribution in [0.3, 0.4) is 0 Å². The number of carbonyl (C=O) groups is 2. The highest BCUT2D eigenvalue weighted by atomic mass is 19.1. The van der Waals surface area contributed by atoms with Crippen molar-refractivity contribution in [3.05, 3.63) is 77.3 Å². The molecule has 6 heteroatoms. The molecule has 1 aliphatic carbocycles. The Bertz CT molecular complexity index is 944. The number of benzene rings is 2. The smallest absolute Gasteiger partial charge is 0.289 e. The third kappa shape index (κ3) is 4.53. The molecule has 2 aliphatic rings. The van der Waals surface area contributed by atoms with Crippen LogP contribution < -0.4 is 5.32 Å². The Morgan fingerprint density at radius 1 is 1.10 bits per heavy atom. The SMILES string of the molecule is O=C(CN1C(=O)/C(=C/c2ccccc2F)OC2CCCCC21)NCc1ccccc1. The molecule has 2 unspecified atom stereocenters. The molecule has 156 valence electrons. The molecular weight excluding hydrogens is 383 g/mol. The third-order valence-corrected chi connectivity index (χ3v) is 5.66. The largest absolute Gasteiger partial charge is 0.482 e. The zero-order valence-corrected chi connectivity index (χ0v) is 16.7. The molecule has 0 bridgehead atoms. The first kappa shape index (κ1) is 20.1. The number of hydrogen-bond donors (Lipinski definition) is 1. The first-order valence-electron chi connectivity index (χ1n) is 10.4. The van der Waals surface area contributed by atoms with Crippen LogP contribution in [0, 0.1) is 5.82 Å². The lowest BCUT2D eigenvalue weighted by atomic mass is 9.89. The van der Waals surface area contributed by atoms with Crippen LogP contribution in [-0.2, 0) is 20.9 Å². The lowest BCUT2D eigenvalue weighted by molar-refractivity contribution is -0.151. The number of ether oxygens (including phenoxy) is 1. The molecular formula is C24H25FN2O3. The van der Waals surface area contributed by atoms with Gasteiger partial charge in [-0.1, -0.05) is 55.0 Å². The standard InChI is InChI=1S/C24H25FN2O3/c25-19-11-5-4-10-18(19)14-22-24(29)27(20-12-6-7-13-21(20)30-22)16-23(28)26-15-17-8-2-1-3-9-17/h1-5,8-11,14,20-21H,6-7,12-13,15-16H2,(H,26,28)/b22-14-. The predicted octanol–water partition coefficient (Wildman–Crippen LogP) is 3.65. The van der Waals surface area contributed by atoms with Gasteiger partial charge in [0.15, 0.2) is 5.76 Å². The molecule has 1 saturated carbocycles. The molecule has 1 saturated heterocycles. The number of hydrogen-bond acceptors (Lipinski definition) is 3. The topological polar surface area (TPSA) is 58.6 Å². The van der Waals surface area contributed by atoms with E-state index in [0.29, 0.717) is 12.1 Å². The van der Waals surface area contributed by atoms with E-state index in [1.807, 2.05) is 30.3 Å². The number of carbonyl (C=O) groups excluding carboxylic acids is 2. The Morgan fingerprint density at radius 2 is 1.83 bits per heavy atom. The van der Waals surface area contributed by atoms with Gasteiger partial charge in [0.2, 0.25) is 5.91 Å². The number of fused-ring (bicyclic) bond motifs is 1. The Hall–Kier alpha value is -3.15. The fourth-order valence-corrected chi connectivity index (χ4v) is 4.10. The minimum absolute atomic E-state index is 0.0369. The van der Waals surface area contributed by atoms with Gasteiger partial charge in [0, 0.05) is 12.1 Å². The normalized spacial score (nSPS) is 22.4. The third-order valence-electron chi connectivity index (χ3n) is 5.66. The first-order chi connectivity index (χ1) is 14.6. The summed E-state index contributed by atoms with van der Waals surface area (Å²) < 4.78 is 20.1. The molecule has 30 heavy (non-hydrogen) atoms. The van der Waals surface area contributed by atoms with E-state index in [2.05, 4.69) is 5.32 Å². The molecule has 4 rings (SSSR count). The van der Waals surface area contributed by atoms with Crippen molar-refractivity contribution in [2.24, 2.45) is 0 Å². The Morgan fingerprint density at radius 3 is 2.63 bits per heavy atom. The van der Waals surface area contributed by atoms with Crippen molar-refractivity contribution in [2.75, 3.05) is 6.54 Å². The van der Waals surface area contributed by atoms with Crippen LogP contribution >= 0.6 is 0 Å². The van der Waals surface area contributed by atoms with Crippen LogP contribution in [-0.4, -0.2) is 35.4 Å². The van der Waals surface area contributed by atoms with E-state index in [9.17, 15) is 14.0 Å². The van der Waals surface area contributed by atoms with Gasteiger partial charge in [0.25, 0.3) is 5.91 Å². The number of rotatable bonds is 5. The zero-order valence-electron chi connectivity index (χ0n) is 16.7. The predicted molar refractivity (Wildman–Crippen MR) is 112 cm³/mol. The van der Waals surface area contributed by atoms with Gasteiger partial charge in [-0.2, -0.15) is 0 Å². The van der Waals surface area contributed by atoms with Crippen LogP contribution in [0.4, 0.5) is 4.39 Å². The van der Waals surface area contributed by atoms with E-state index in [0.717, 1.165) is 31.2 Å². The van der Waals surface area contributed by atoms with Crippen LogP contribution in [0.25, 0.3) is 6.08 Å². The van der Waals surface area contributed by atoms with E-state index in [-0.39, 0.29) is 36.3 Å². The summed E-state index contributed by atoms with van der Waals surface area (Å²) >= 11 is 0. The Labute approximate surface area is 175 Å². The minimum atomic E-state index is -0.417. The maximum atomic E-state index is 14.1. The number of halogens is 1. The Balaban J connectivity index is 1.51. The van der Waals surface area contributed by atoms with E-state index in [1.165, 1.54) is 12.1 Å². The lowest BCUT2D eigenvalue weighted by Gasteiger charge is -2.44. The fraction of sp³-hybridized carbons (Fsp3) is 0.333. The second-order valence-corrected chi connectivity index (χ2v) is 7.73. The van der Waals surface area contributed by atoms with Crippen molar-refractivity contribution in [1.29, 1.82) is 0 Å². The molecule has 0 radical (unpaired) electrons. The molecule has 0 aromatic heterocycles. The highest BCUT2D eigenvalue weighted by Gasteiger charge is 2.42. The van der Waals surface area contributed by atoms with E-state index < -0.39 is 5.82 Å². The quantitative estimate of drug-likeness (QED) is 0.769. The summed E-state index contributed by atoms with van der Waals surface area (Å²) in [6, 6.07) is 15.7. The van der Waals surface area contributed by atoms with Gasteiger partial charge in [-0.05, 0) is 37.0 Å². The summed E-state index contributed by atoms with van der Waals surface area (Å²) in [5.41, 5.74) is 1.29. The molecule has 2 amide bonds. The number of nitrogens with zero attached hydrogens (tertiary/aromatic N) is 1. The average Bonchev–Trinajstić information content (AvgIpc) is 2.77. The van der Waals surface area contributed by atoms with Crippen molar-refractivity contribution in [3.8, 4) is 0 Å². The summed E-state index contributed by atoms with van der Waals surface area (Å²) in [5.74, 6) is -0.904.